The van der Waals surface area contributed by atoms with Crippen LogP contribution in [0.4, 0.5) is 0 Å². The van der Waals surface area contributed by atoms with Gasteiger partial charge >= 0.3 is 5.97 Å². The maximum Gasteiger partial charge on any atom is 0.338 e. The van der Waals surface area contributed by atoms with Gasteiger partial charge in [0.25, 0.3) is 5.91 Å². The number of rotatable bonds is 8. The van der Waals surface area contributed by atoms with Gasteiger partial charge in [0.05, 0.1) is 12.1 Å². The van der Waals surface area contributed by atoms with Gasteiger partial charge in [0.1, 0.15) is 5.69 Å². The molecule has 0 spiro atoms. The number of hydrogen-bond acceptors (Lipinski definition) is 5. The van der Waals surface area contributed by atoms with Gasteiger partial charge in [0.15, 0.2) is 6.29 Å². The molecule has 0 saturated heterocycles. The number of ether oxygens (including phenoxy) is 2. The van der Waals surface area contributed by atoms with Crippen LogP contribution in [0.2, 0.25) is 0 Å². The van der Waals surface area contributed by atoms with Crippen LogP contribution in [0.1, 0.15) is 34.7 Å². The molecule has 0 atom stereocenters. The topological polar surface area (TPSA) is 97.8 Å². The van der Waals surface area contributed by atoms with Gasteiger partial charge < -0.3 is 19.9 Å². The molecule has 0 aliphatic carbocycles. The molecule has 0 aliphatic heterocycles. The first-order valence-corrected chi connectivity index (χ1v) is 6.29. The number of carboxylic acids is 1. The molecule has 110 valence electrons. The van der Waals surface area contributed by atoms with Crippen molar-refractivity contribution in [3.8, 4) is 0 Å². The molecule has 2 N–H and O–H groups in total. The highest BCUT2D eigenvalue weighted by Crippen LogP contribution is 2.05. The third-order valence-corrected chi connectivity index (χ3v) is 2.39. The number of aromatic nitrogens is 1. The summed E-state index contributed by atoms with van der Waals surface area (Å²) in [5.74, 6) is -1.78. The lowest BCUT2D eigenvalue weighted by atomic mass is 10.2. The molecular formula is C13H18N2O5. The molecule has 1 amide bonds. The normalized spacial score (nSPS) is 10.6. The number of hydrogen-bond donors (Lipinski definition) is 2. The Morgan fingerprint density at radius 1 is 1.35 bits per heavy atom. The number of carboxylic acid groups (broad SMARTS) is 1. The zero-order valence-corrected chi connectivity index (χ0v) is 11.5. The highest BCUT2D eigenvalue weighted by atomic mass is 16.7. The van der Waals surface area contributed by atoms with Crippen molar-refractivity contribution in [2.24, 2.45) is 0 Å². The Morgan fingerprint density at radius 3 is 2.55 bits per heavy atom. The fourth-order valence-electron chi connectivity index (χ4n) is 1.56. The molecule has 1 aromatic rings. The minimum atomic E-state index is -1.20. The first kappa shape index (κ1) is 16.1. The number of nitrogens with zero attached hydrogens (tertiary/aromatic N) is 1. The second-order valence-corrected chi connectivity index (χ2v) is 3.75. The SMILES string of the molecule is CCOC(CNC(=O)c1ncccc1C(=O)O)OCC. The molecule has 0 aliphatic rings. The molecule has 1 heterocycles. The van der Waals surface area contributed by atoms with E-state index in [1.165, 1.54) is 18.3 Å². The van der Waals surface area contributed by atoms with Gasteiger partial charge in [-0.05, 0) is 26.0 Å². The van der Waals surface area contributed by atoms with E-state index in [0.717, 1.165) is 0 Å². The van der Waals surface area contributed by atoms with Crippen LogP contribution in [0.5, 0.6) is 0 Å². The summed E-state index contributed by atoms with van der Waals surface area (Å²) in [6.45, 7) is 4.65. The summed E-state index contributed by atoms with van der Waals surface area (Å²) in [5.41, 5.74) is -0.277. The van der Waals surface area contributed by atoms with Crippen molar-refractivity contribution in [3.63, 3.8) is 0 Å². The van der Waals surface area contributed by atoms with E-state index in [9.17, 15) is 9.59 Å². The molecule has 7 heteroatoms. The summed E-state index contributed by atoms with van der Waals surface area (Å²) >= 11 is 0. The first-order chi connectivity index (χ1) is 9.60. The van der Waals surface area contributed by atoms with Gasteiger partial charge in [-0.2, -0.15) is 0 Å². The molecule has 0 aromatic carbocycles. The molecule has 0 radical (unpaired) electrons. The van der Waals surface area contributed by atoms with Crippen molar-refractivity contribution >= 4 is 11.9 Å². The predicted molar refractivity (Wildman–Crippen MR) is 70.6 cm³/mol. The number of carbonyl (C=O) groups is 2. The number of aromatic carboxylic acids is 1. The third kappa shape index (κ3) is 4.60. The Balaban J connectivity index is 2.69. The maximum atomic E-state index is 11.9. The van der Waals surface area contributed by atoms with E-state index >= 15 is 0 Å². The molecule has 0 unspecified atom stereocenters. The van der Waals surface area contributed by atoms with E-state index in [1.54, 1.807) is 0 Å². The number of carbonyl (C=O) groups excluding carboxylic acids is 1. The van der Waals surface area contributed by atoms with E-state index in [-0.39, 0.29) is 17.8 Å². The highest BCUT2D eigenvalue weighted by Gasteiger charge is 2.18. The lowest BCUT2D eigenvalue weighted by Gasteiger charge is -2.17. The summed E-state index contributed by atoms with van der Waals surface area (Å²) in [6.07, 6.45) is 0.801. The minimum absolute atomic E-state index is 0.121. The van der Waals surface area contributed by atoms with E-state index in [2.05, 4.69) is 10.3 Å². The molecular weight excluding hydrogens is 264 g/mol. The molecule has 1 rings (SSSR count). The summed E-state index contributed by atoms with van der Waals surface area (Å²) in [6, 6.07) is 2.79. The molecule has 0 saturated carbocycles. The Labute approximate surface area is 116 Å². The summed E-state index contributed by atoms with van der Waals surface area (Å²) < 4.78 is 10.5. The van der Waals surface area contributed by atoms with Crippen LogP contribution in [-0.4, -0.2) is 48.0 Å². The molecule has 1 aromatic heterocycles. The van der Waals surface area contributed by atoms with E-state index in [4.69, 9.17) is 14.6 Å². The van der Waals surface area contributed by atoms with Crippen molar-refractivity contribution in [1.82, 2.24) is 10.3 Å². The van der Waals surface area contributed by atoms with Crippen LogP contribution in [0.15, 0.2) is 18.3 Å². The quantitative estimate of drug-likeness (QED) is 0.688. The number of amides is 1. The first-order valence-electron chi connectivity index (χ1n) is 6.29. The largest absolute Gasteiger partial charge is 0.478 e. The molecule has 7 nitrogen and oxygen atoms in total. The third-order valence-electron chi connectivity index (χ3n) is 2.39. The Hall–Kier alpha value is -1.99. The van der Waals surface area contributed by atoms with Gasteiger partial charge in [0, 0.05) is 19.4 Å². The van der Waals surface area contributed by atoms with E-state index in [1.807, 2.05) is 13.8 Å². The smallest absolute Gasteiger partial charge is 0.338 e. The van der Waals surface area contributed by atoms with Crippen molar-refractivity contribution < 1.29 is 24.2 Å². The van der Waals surface area contributed by atoms with Crippen molar-refractivity contribution in [1.29, 1.82) is 0 Å². The van der Waals surface area contributed by atoms with Crippen LogP contribution in [0.3, 0.4) is 0 Å². The van der Waals surface area contributed by atoms with E-state index in [0.29, 0.717) is 13.2 Å². The average molecular weight is 282 g/mol. The van der Waals surface area contributed by atoms with Crippen molar-refractivity contribution in [3.05, 3.63) is 29.6 Å². The van der Waals surface area contributed by atoms with Gasteiger partial charge in [-0.3, -0.25) is 9.78 Å². The van der Waals surface area contributed by atoms with Crippen LogP contribution in [0.25, 0.3) is 0 Å². The second-order valence-electron chi connectivity index (χ2n) is 3.75. The van der Waals surface area contributed by atoms with Crippen LogP contribution < -0.4 is 5.32 Å². The molecule has 20 heavy (non-hydrogen) atoms. The summed E-state index contributed by atoms with van der Waals surface area (Å²) in [4.78, 5) is 26.7. The fourth-order valence-corrected chi connectivity index (χ4v) is 1.56. The lowest BCUT2D eigenvalue weighted by Crippen LogP contribution is -2.36. The highest BCUT2D eigenvalue weighted by molar-refractivity contribution is 6.03. The zero-order valence-electron chi connectivity index (χ0n) is 11.5. The number of pyridine rings is 1. The van der Waals surface area contributed by atoms with Crippen LogP contribution in [-0.2, 0) is 9.47 Å². The summed E-state index contributed by atoms with van der Waals surface area (Å²) in [7, 11) is 0. The van der Waals surface area contributed by atoms with Crippen LogP contribution in [0, 0.1) is 0 Å². The fraction of sp³-hybridized carbons (Fsp3) is 0.462. The standard InChI is InChI=1S/C13H18N2O5/c1-3-19-10(20-4-2)8-15-12(16)11-9(13(17)18)6-5-7-14-11/h5-7,10H,3-4,8H2,1-2H3,(H,15,16)(H,17,18). The molecule has 0 bridgehead atoms. The van der Waals surface area contributed by atoms with Gasteiger partial charge in [-0.1, -0.05) is 0 Å². The Morgan fingerprint density at radius 2 is 2.00 bits per heavy atom. The second kappa shape index (κ2) is 8.23. The molecule has 0 fully saturated rings. The van der Waals surface area contributed by atoms with Crippen molar-refractivity contribution in [2.75, 3.05) is 19.8 Å². The average Bonchev–Trinajstić information content (AvgIpc) is 2.45. The van der Waals surface area contributed by atoms with Gasteiger partial charge in [-0.25, -0.2) is 4.79 Å². The Kier molecular flexibility index (Phi) is 6.61. The lowest BCUT2D eigenvalue weighted by molar-refractivity contribution is -0.131. The van der Waals surface area contributed by atoms with E-state index < -0.39 is 18.2 Å². The van der Waals surface area contributed by atoms with Gasteiger partial charge in [0.2, 0.25) is 0 Å². The minimum Gasteiger partial charge on any atom is -0.478 e. The number of nitrogens with one attached hydrogen (secondary N) is 1. The monoisotopic (exact) mass is 282 g/mol. The maximum absolute atomic E-state index is 11.9. The zero-order chi connectivity index (χ0) is 15.0. The Bertz CT molecular complexity index is 458. The summed E-state index contributed by atoms with van der Waals surface area (Å²) in [5, 5.41) is 11.5. The van der Waals surface area contributed by atoms with Crippen molar-refractivity contribution in [2.45, 2.75) is 20.1 Å². The predicted octanol–water partition coefficient (Wildman–Crippen LogP) is 0.909. The van der Waals surface area contributed by atoms with Crippen LogP contribution >= 0.6 is 0 Å². The van der Waals surface area contributed by atoms with Gasteiger partial charge in [-0.15, -0.1) is 0 Å².